The maximum atomic E-state index is 5.61. The zero-order chi connectivity index (χ0) is 12.8. The zero-order valence-electron chi connectivity index (χ0n) is 11.3. The van der Waals surface area contributed by atoms with Crippen LogP contribution >= 0.6 is 0 Å². The first-order valence-electron chi connectivity index (χ1n) is 6.68. The molecule has 0 amide bonds. The van der Waals surface area contributed by atoms with E-state index in [1.807, 2.05) is 25.1 Å². The summed E-state index contributed by atoms with van der Waals surface area (Å²) in [5.41, 5.74) is 1.08. The van der Waals surface area contributed by atoms with Gasteiger partial charge in [0.2, 0.25) is 0 Å². The van der Waals surface area contributed by atoms with Gasteiger partial charge in [0, 0.05) is 32.2 Å². The number of anilines is 1. The molecule has 0 saturated carbocycles. The summed E-state index contributed by atoms with van der Waals surface area (Å²) >= 11 is 0. The van der Waals surface area contributed by atoms with Crippen molar-refractivity contribution in [1.29, 1.82) is 0 Å². The Bertz CT molecular complexity index is 370. The second kappa shape index (κ2) is 6.61. The van der Waals surface area contributed by atoms with Crippen LogP contribution in [0, 0.1) is 0 Å². The minimum Gasteiger partial charge on any atom is -0.492 e. The first-order valence-corrected chi connectivity index (χ1v) is 6.68. The highest BCUT2D eigenvalue weighted by Gasteiger charge is 2.18. The van der Waals surface area contributed by atoms with Crippen molar-refractivity contribution in [2.75, 3.05) is 45.2 Å². The maximum Gasteiger partial charge on any atom is 0.142 e. The Morgan fingerprint density at radius 2 is 2.28 bits per heavy atom. The minimum atomic E-state index is 0.536. The van der Waals surface area contributed by atoms with Crippen molar-refractivity contribution in [1.82, 2.24) is 10.2 Å². The first-order chi connectivity index (χ1) is 8.81. The van der Waals surface area contributed by atoms with E-state index in [2.05, 4.69) is 28.6 Å². The molecule has 0 bridgehead atoms. The van der Waals surface area contributed by atoms with Crippen molar-refractivity contribution in [3.8, 4) is 5.75 Å². The van der Waals surface area contributed by atoms with Crippen molar-refractivity contribution in [3.05, 3.63) is 24.3 Å². The van der Waals surface area contributed by atoms with Gasteiger partial charge in [0.25, 0.3) is 0 Å². The van der Waals surface area contributed by atoms with Crippen LogP contribution in [0.15, 0.2) is 24.3 Å². The highest BCUT2D eigenvalue weighted by Crippen LogP contribution is 2.23. The molecule has 0 radical (unpaired) electrons. The van der Waals surface area contributed by atoms with Gasteiger partial charge in [-0.25, -0.2) is 0 Å². The molecule has 1 aliphatic heterocycles. The summed E-state index contributed by atoms with van der Waals surface area (Å²) in [7, 11) is 2.18. The fraction of sp³-hybridized carbons (Fsp3) is 0.571. The van der Waals surface area contributed by atoms with Gasteiger partial charge >= 0.3 is 0 Å². The quantitative estimate of drug-likeness (QED) is 0.827. The number of likely N-dealkylation sites (N-methyl/N-ethyl adjacent to an activating group) is 1. The van der Waals surface area contributed by atoms with Crippen molar-refractivity contribution >= 4 is 5.69 Å². The molecule has 1 aromatic carbocycles. The summed E-state index contributed by atoms with van der Waals surface area (Å²) in [5.74, 6) is 0.937. The summed E-state index contributed by atoms with van der Waals surface area (Å²) in [5, 5.41) is 6.92. The number of hydrogen-bond donors (Lipinski definition) is 2. The number of hydrogen-bond acceptors (Lipinski definition) is 4. The normalized spacial score (nSPS) is 20.7. The number of nitrogens with zero attached hydrogens (tertiary/aromatic N) is 1. The number of piperazine rings is 1. The maximum absolute atomic E-state index is 5.61. The molecule has 1 saturated heterocycles. The Balaban J connectivity index is 1.92. The predicted molar refractivity (Wildman–Crippen MR) is 75.4 cm³/mol. The van der Waals surface area contributed by atoms with Crippen LogP contribution in [0.25, 0.3) is 0 Å². The second-order valence-electron chi connectivity index (χ2n) is 4.65. The average molecular weight is 249 g/mol. The molecule has 1 aromatic rings. The first kappa shape index (κ1) is 13.2. The van der Waals surface area contributed by atoms with E-state index < -0.39 is 0 Å². The minimum absolute atomic E-state index is 0.536. The van der Waals surface area contributed by atoms with Gasteiger partial charge in [0.05, 0.1) is 12.3 Å². The smallest absolute Gasteiger partial charge is 0.142 e. The highest BCUT2D eigenvalue weighted by molar-refractivity contribution is 5.56. The molecule has 1 unspecified atom stereocenters. The number of ether oxygens (including phenoxy) is 1. The molecule has 0 aromatic heterocycles. The van der Waals surface area contributed by atoms with E-state index in [9.17, 15) is 0 Å². The van der Waals surface area contributed by atoms with Crippen LogP contribution < -0.4 is 15.4 Å². The fourth-order valence-corrected chi connectivity index (χ4v) is 2.21. The molecule has 4 nitrogen and oxygen atoms in total. The Hall–Kier alpha value is -1.26. The Morgan fingerprint density at radius 3 is 3.06 bits per heavy atom. The van der Waals surface area contributed by atoms with E-state index in [-0.39, 0.29) is 0 Å². The molecule has 4 heteroatoms. The number of rotatable bonds is 5. The van der Waals surface area contributed by atoms with Crippen LogP contribution in [0.4, 0.5) is 5.69 Å². The molecule has 1 fully saturated rings. The Labute approximate surface area is 109 Å². The highest BCUT2D eigenvalue weighted by atomic mass is 16.5. The summed E-state index contributed by atoms with van der Waals surface area (Å²) in [6.45, 7) is 6.88. The Morgan fingerprint density at radius 1 is 1.44 bits per heavy atom. The zero-order valence-corrected chi connectivity index (χ0v) is 11.3. The van der Waals surface area contributed by atoms with E-state index in [1.54, 1.807) is 0 Å². The lowest BCUT2D eigenvalue weighted by atomic mass is 10.2. The van der Waals surface area contributed by atoms with Crippen LogP contribution in [-0.4, -0.2) is 50.8 Å². The van der Waals surface area contributed by atoms with Gasteiger partial charge in [-0.1, -0.05) is 12.1 Å². The molecule has 1 heterocycles. The molecule has 2 N–H and O–H groups in total. The van der Waals surface area contributed by atoms with Gasteiger partial charge in [-0.2, -0.15) is 0 Å². The van der Waals surface area contributed by atoms with Gasteiger partial charge in [-0.05, 0) is 26.1 Å². The van der Waals surface area contributed by atoms with E-state index in [0.29, 0.717) is 12.6 Å². The fourth-order valence-electron chi connectivity index (χ4n) is 2.21. The topological polar surface area (TPSA) is 36.5 Å². The van der Waals surface area contributed by atoms with Crippen LogP contribution in [-0.2, 0) is 0 Å². The molecule has 100 valence electrons. The summed E-state index contributed by atoms with van der Waals surface area (Å²) < 4.78 is 5.61. The molecular weight excluding hydrogens is 226 g/mol. The van der Waals surface area contributed by atoms with Crippen molar-refractivity contribution in [2.24, 2.45) is 0 Å². The van der Waals surface area contributed by atoms with E-state index in [1.165, 1.54) is 0 Å². The lowest BCUT2D eigenvalue weighted by Gasteiger charge is -2.33. The summed E-state index contributed by atoms with van der Waals surface area (Å²) in [6.07, 6.45) is 0. The number of benzene rings is 1. The van der Waals surface area contributed by atoms with Gasteiger partial charge in [-0.3, -0.25) is 4.90 Å². The van der Waals surface area contributed by atoms with E-state index in [0.717, 1.165) is 37.6 Å². The standard InChI is InChI=1S/C14H23N3O/c1-3-18-14-7-5-4-6-13(14)16-11-12-10-15-8-9-17(12)2/h4-7,12,15-16H,3,8-11H2,1-2H3. The van der Waals surface area contributed by atoms with Crippen LogP contribution in [0.2, 0.25) is 0 Å². The van der Waals surface area contributed by atoms with E-state index >= 15 is 0 Å². The molecule has 18 heavy (non-hydrogen) atoms. The van der Waals surface area contributed by atoms with Crippen molar-refractivity contribution < 1.29 is 4.74 Å². The second-order valence-corrected chi connectivity index (χ2v) is 4.65. The summed E-state index contributed by atoms with van der Waals surface area (Å²) in [6, 6.07) is 8.65. The van der Waals surface area contributed by atoms with Gasteiger partial charge in [-0.15, -0.1) is 0 Å². The third kappa shape index (κ3) is 3.37. The molecular formula is C14H23N3O. The molecule has 1 aliphatic rings. The lowest BCUT2D eigenvalue weighted by Crippen LogP contribution is -2.52. The molecule has 2 rings (SSSR count). The third-order valence-corrected chi connectivity index (χ3v) is 3.36. The number of para-hydroxylation sites is 2. The van der Waals surface area contributed by atoms with Crippen molar-refractivity contribution in [3.63, 3.8) is 0 Å². The molecule has 1 atom stereocenters. The van der Waals surface area contributed by atoms with Crippen molar-refractivity contribution in [2.45, 2.75) is 13.0 Å². The van der Waals surface area contributed by atoms with Crippen LogP contribution in [0.1, 0.15) is 6.92 Å². The molecule has 0 aliphatic carbocycles. The van der Waals surface area contributed by atoms with Crippen LogP contribution in [0.5, 0.6) is 5.75 Å². The SMILES string of the molecule is CCOc1ccccc1NCC1CNCCN1C. The predicted octanol–water partition coefficient (Wildman–Crippen LogP) is 1.40. The van der Waals surface area contributed by atoms with Gasteiger partial charge < -0.3 is 15.4 Å². The summed E-state index contributed by atoms with van der Waals surface area (Å²) in [4.78, 5) is 2.40. The van der Waals surface area contributed by atoms with Gasteiger partial charge in [0.1, 0.15) is 5.75 Å². The van der Waals surface area contributed by atoms with Gasteiger partial charge in [0.15, 0.2) is 0 Å². The van der Waals surface area contributed by atoms with E-state index in [4.69, 9.17) is 4.74 Å². The average Bonchev–Trinajstić information content (AvgIpc) is 2.40. The largest absolute Gasteiger partial charge is 0.492 e. The third-order valence-electron chi connectivity index (χ3n) is 3.36. The van der Waals surface area contributed by atoms with Crippen LogP contribution in [0.3, 0.4) is 0 Å². The Kier molecular flexibility index (Phi) is 4.84. The lowest BCUT2D eigenvalue weighted by molar-refractivity contribution is 0.209. The molecule has 0 spiro atoms. The monoisotopic (exact) mass is 249 g/mol. The number of nitrogens with one attached hydrogen (secondary N) is 2.